The molecule has 1 N–H and O–H groups in total. The van der Waals surface area contributed by atoms with E-state index in [4.69, 9.17) is 4.52 Å². The summed E-state index contributed by atoms with van der Waals surface area (Å²) in [6, 6.07) is 8.76. The topological polar surface area (TPSA) is 51.0 Å². The molecule has 4 nitrogen and oxygen atoms in total. The molecule has 0 radical (unpaired) electrons. The van der Waals surface area contributed by atoms with Crippen molar-refractivity contribution in [1.29, 1.82) is 0 Å². The van der Waals surface area contributed by atoms with Crippen molar-refractivity contribution in [2.45, 2.75) is 19.4 Å². The minimum atomic E-state index is 0.253. The Labute approximate surface area is 125 Å². The molecular weight excluding hydrogens is 290 g/mol. The molecule has 0 fully saturated rings. The Morgan fingerprint density at radius 3 is 2.40 bits per heavy atom. The highest BCUT2D eigenvalue weighted by Crippen LogP contribution is 2.28. The maximum Gasteiger partial charge on any atom is 0.223 e. The van der Waals surface area contributed by atoms with Crippen molar-refractivity contribution in [2.24, 2.45) is 0 Å². The molecule has 20 heavy (non-hydrogen) atoms. The van der Waals surface area contributed by atoms with Crippen molar-refractivity contribution in [2.75, 3.05) is 6.54 Å². The fourth-order valence-corrected chi connectivity index (χ4v) is 3.73. The summed E-state index contributed by atoms with van der Waals surface area (Å²) in [6.07, 6.45) is 0.768. The molecule has 0 aromatic carbocycles. The van der Waals surface area contributed by atoms with Crippen molar-refractivity contribution in [1.82, 2.24) is 15.5 Å². The summed E-state index contributed by atoms with van der Waals surface area (Å²) in [4.78, 5) is 6.88. The van der Waals surface area contributed by atoms with Gasteiger partial charge in [0.1, 0.15) is 0 Å². The van der Waals surface area contributed by atoms with Crippen LogP contribution in [-0.4, -0.2) is 16.7 Å². The number of rotatable bonds is 6. The van der Waals surface area contributed by atoms with Crippen LogP contribution in [0.25, 0.3) is 0 Å². The Morgan fingerprint density at radius 1 is 1.20 bits per heavy atom. The highest BCUT2D eigenvalue weighted by Gasteiger charge is 2.15. The fraction of sp³-hybridized carbons (Fsp3) is 0.286. The molecule has 0 unspecified atom stereocenters. The van der Waals surface area contributed by atoms with Crippen LogP contribution >= 0.6 is 22.7 Å². The Kier molecular flexibility index (Phi) is 4.25. The zero-order valence-electron chi connectivity index (χ0n) is 11.1. The van der Waals surface area contributed by atoms with Crippen LogP contribution in [0.2, 0.25) is 0 Å². The van der Waals surface area contributed by atoms with Gasteiger partial charge in [0.15, 0.2) is 5.82 Å². The molecule has 0 atom stereocenters. The molecule has 0 aliphatic rings. The first kappa shape index (κ1) is 13.5. The second-order valence-electron chi connectivity index (χ2n) is 4.40. The molecule has 3 rings (SSSR count). The van der Waals surface area contributed by atoms with Gasteiger partial charge >= 0.3 is 0 Å². The second kappa shape index (κ2) is 6.30. The zero-order chi connectivity index (χ0) is 13.8. The molecule has 3 heterocycles. The SMILES string of the molecule is Cc1nc(CCNC(c2cccs2)c2cccs2)no1. The van der Waals surface area contributed by atoms with E-state index in [0.29, 0.717) is 5.89 Å². The van der Waals surface area contributed by atoms with Gasteiger partial charge in [-0.1, -0.05) is 17.3 Å². The number of aromatic nitrogens is 2. The summed E-state index contributed by atoms with van der Waals surface area (Å²) < 4.78 is 4.98. The van der Waals surface area contributed by atoms with E-state index < -0.39 is 0 Å². The average molecular weight is 305 g/mol. The van der Waals surface area contributed by atoms with E-state index in [2.05, 4.69) is 50.5 Å². The Balaban J connectivity index is 1.65. The molecule has 6 heteroatoms. The number of nitrogens with zero attached hydrogens (tertiary/aromatic N) is 2. The van der Waals surface area contributed by atoms with Crippen molar-refractivity contribution < 1.29 is 4.52 Å². The van der Waals surface area contributed by atoms with E-state index in [1.165, 1.54) is 9.75 Å². The number of hydrogen-bond acceptors (Lipinski definition) is 6. The second-order valence-corrected chi connectivity index (χ2v) is 6.36. The van der Waals surface area contributed by atoms with Gasteiger partial charge in [0.05, 0.1) is 6.04 Å². The van der Waals surface area contributed by atoms with Gasteiger partial charge in [-0.3, -0.25) is 0 Å². The number of aryl methyl sites for hydroxylation is 1. The Hall–Kier alpha value is -1.50. The lowest BCUT2D eigenvalue weighted by atomic mass is 10.2. The lowest BCUT2D eigenvalue weighted by molar-refractivity contribution is 0.386. The third-order valence-corrected chi connectivity index (χ3v) is 4.80. The summed E-state index contributed by atoms with van der Waals surface area (Å²) in [7, 11) is 0. The minimum absolute atomic E-state index is 0.253. The predicted molar refractivity (Wildman–Crippen MR) is 81.2 cm³/mol. The lowest BCUT2D eigenvalue weighted by Crippen LogP contribution is -2.23. The van der Waals surface area contributed by atoms with Gasteiger partial charge in [-0.05, 0) is 22.9 Å². The molecule has 3 aromatic heterocycles. The standard InChI is InChI=1S/C14H15N3OS2/c1-10-16-13(17-18-10)6-7-15-14(11-4-2-8-19-11)12-5-3-9-20-12/h2-5,8-9,14-15H,6-7H2,1H3. The first-order valence-corrected chi connectivity index (χ1v) is 8.18. The van der Waals surface area contributed by atoms with Gasteiger partial charge in [0.25, 0.3) is 0 Å². The maximum atomic E-state index is 4.98. The first-order chi connectivity index (χ1) is 9.83. The molecule has 3 aromatic rings. The van der Waals surface area contributed by atoms with Crippen LogP contribution in [0.15, 0.2) is 39.5 Å². The van der Waals surface area contributed by atoms with Crippen molar-refractivity contribution in [3.05, 3.63) is 56.5 Å². The Bertz CT molecular complexity index is 597. The van der Waals surface area contributed by atoms with Gasteiger partial charge in [-0.25, -0.2) is 0 Å². The quantitative estimate of drug-likeness (QED) is 0.758. The summed E-state index contributed by atoms with van der Waals surface area (Å²) >= 11 is 3.55. The van der Waals surface area contributed by atoms with Crippen LogP contribution in [0.5, 0.6) is 0 Å². The lowest BCUT2D eigenvalue weighted by Gasteiger charge is -2.15. The molecule has 0 aliphatic heterocycles. The van der Waals surface area contributed by atoms with Gasteiger partial charge in [0.2, 0.25) is 5.89 Å². The van der Waals surface area contributed by atoms with Crippen LogP contribution in [0.1, 0.15) is 27.5 Å². The third-order valence-electron chi connectivity index (χ3n) is 2.92. The third kappa shape index (κ3) is 3.15. The highest BCUT2D eigenvalue weighted by atomic mass is 32.1. The summed E-state index contributed by atoms with van der Waals surface area (Å²) in [5, 5.41) is 11.7. The van der Waals surface area contributed by atoms with E-state index >= 15 is 0 Å². The molecule has 0 saturated heterocycles. The van der Waals surface area contributed by atoms with Gasteiger partial charge in [0, 0.05) is 29.6 Å². The molecule has 0 spiro atoms. The van der Waals surface area contributed by atoms with E-state index in [1.54, 1.807) is 22.7 Å². The van der Waals surface area contributed by atoms with Crippen molar-refractivity contribution >= 4 is 22.7 Å². The molecule has 0 bridgehead atoms. The van der Waals surface area contributed by atoms with E-state index in [0.717, 1.165) is 18.8 Å². The first-order valence-electron chi connectivity index (χ1n) is 6.42. The van der Waals surface area contributed by atoms with Gasteiger partial charge in [-0.15, -0.1) is 22.7 Å². The fourth-order valence-electron chi connectivity index (χ4n) is 2.02. The van der Waals surface area contributed by atoms with Crippen LogP contribution in [0, 0.1) is 6.92 Å². The van der Waals surface area contributed by atoms with E-state index in [-0.39, 0.29) is 6.04 Å². The number of hydrogen-bond donors (Lipinski definition) is 1. The van der Waals surface area contributed by atoms with Gasteiger partial charge in [-0.2, -0.15) is 4.98 Å². The normalized spacial score (nSPS) is 11.3. The summed E-state index contributed by atoms with van der Waals surface area (Å²) in [5.74, 6) is 1.37. The van der Waals surface area contributed by atoms with Gasteiger partial charge < -0.3 is 9.84 Å². The molecule has 0 aliphatic carbocycles. The minimum Gasteiger partial charge on any atom is -0.340 e. The predicted octanol–water partition coefficient (Wildman–Crippen LogP) is 3.42. The molecule has 0 saturated carbocycles. The molecule has 0 amide bonds. The van der Waals surface area contributed by atoms with Crippen LogP contribution in [0.3, 0.4) is 0 Å². The van der Waals surface area contributed by atoms with E-state index in [9.17, 15) is 0 Å². The molecule has 104 valence electrons. The smallest absolute Gasteiger partial charge is 0.223 e. The van der Waals surface area contributed by atoms with E-state index in [1.807, 2.05) is 6.92 Å². The summed E-state index contributed by atoms with van der Waals surface area (Å²) in [5.41, 5.74) is 0. The average Bonchev–Trinajstić information content (AvgIpc) is 3.18. The largest absolute Gasteiger partial charge is 0.340 e. The van der Waals surface area contributed by atoms with Crippen LogP contribution in [-0.2, 0) is 6.42 Å². The number of thiophene rings is 2. The van der Waals surface area contributed by atoms with Crippen molar-refractivity contribution in [3.63, 3.8) is 0 Å². The zero-order valence-corrected chi connectivity index (χ0v) is 12.7. The van der Waals surface area contributed by atoms with Crippen LogP contribution < -0.4 is 5.32 Å². The maximum absolute atomic E-state index is 4.98. The van der Waals surface area contributed by atoms with Crippen LogP contribution in [0.4, 0.5) is 0 Å². The highest BCUT2D eigenvalue weighted by molar-refractivity contribution is 7.11. The van der Waals surface area contributed by atoms with Crippen molar-refractivity contribution in [3.8, 4) is 0 Å². The number of nitrogens with one attached hydrogen (secondary N) is 1. The summed E-state index contributed by atoms with van der Waals surface area (Å²) in [6.45, 7) is 2.63. The Morgan fingerprint density at radius 2 is 1.90 bits per heavy atom. The monoisotopic (exact) mass is 305 g/mol. The molecular formula is C14H15N3OS2.